The summed E-state index contributed by atoms with van der Waals surface area (Å²) < 4.78 is 56.9. The molecule has 6 heteroatoms. The fourth-order valence-electron chi connectivity index (χ4n) is 1.88. The van der Waals surface area contributed by atoms with Crippen LogP contribution in [0.2, 0.25) is 0 Å². The molecule has 0 amide bonds. The van der Waals surface area contributed by atoms with Crippen LogP contribution in [0.3, 0.4) is 0 Å². The molecule has 2 rings (SSSR count). The van der Waals surface area contributed by atoms with Gasteiger partial charge in [0.25, 0.3) is 0 Å². The summed E-state index contributed by atoms with van der Waals surface area (Å²) >= 11 is -3.75. The predicted molar refractivity (Wildman–Crippen MR) is 73.5 cm³/mol. The normalized spacial score (nSPS) is 20.5. The Bertz CT molecular complexity index is 487. The van der Waals surface area contributed by atoms with Gasteiger partial charge in [0.05, 0.1) is 0 Å². The Hall–Kier alpha value is -0.370. The Kier molecular flexibility index (Phi) is 3.62. The van der Waals surface area contributed by atoms with E-state index in [0.717, 1.165) is 6.92 Å². The van der Waals surface area contributed by atoms with Crippen LogP contribution in [-0.4, -0.2) is 9.85 Å². The third-order valence-corrected chi connectivity index (χ3v) is 8.61. The molecule has 0 saturated carbocycles. The van der Waals surface area contributed by atoms with Crippen LogP contribution < -0.4 is 0 Å². The maximum absolute atomic E-state index is 14.1. The summed E-state index contributed by atoms with van der Waals surface area (Å²) in [6.45, 7) is 4.35. The van der Waals surface area contributed by atoms with E-state index in [1.165, 1.54) is 6.07 Å². The molecule has 0 bridgehead atoms. The quantitative estimate of drug-likeness (QED) is 0.393. The van der Waals surface area contributed by atoms with Crippen LogP contribution in [0, 0.1) is 3.57 Å². The van der Waals surface area contributed by atoms with Crippen molar-refractivity contribution < 1.29 is 20.6 Å². The van der Waals surface area contributed by atoms with Gasteiger partial charge in [-0.15, -0.1) is 0 Å². The molecular formula is C13H15F4IO. The molecule has 0 N–H and O–H groups in total. The number of alkyl halides is 5. The standard InChI is InChI=1S/C13H15F4IO/c1-4-12(14,15)13(16,17)18-10-8-6-5-7-9(10)11(2,3)19-18/h5-8H,4H2,1-3H3. The van der Waals surface area contributed by atoms with Gasteiger partial charge in [0, 0.05) is 0 Å². The van der Waals surface area contributed by atoms with Gasteiger partial charge < -0.3 is 0 Å². The van der Waals surface area contributed by atoms with Crippen molar-refractivity contribution in [3.8, 4) is 0 Å². The second kappa shape index (κ2) is 4.58. The summed E-state index contributed by atoms with van der Waals surface area (Å²) in [5, 5.41) is 0. The van der Waals surface area contributed by atoms with Crippen LogP contribution in [0.25, 0.3) is 0 Å². The average molecular weight is 390 g/mol. The summed E-state index contributed by atoms with van der Waals surface area (Å²) in [5.41, 5.74) is -0.318. The van der Waals surface area contributed by atoms with Crippen LogP contribution in [0.4, 0.5) is 17.6 Å². The van der Waals surface area contributed by atoms with E-state index in [-0.39, 0.29) is 0 Å². The summed E-state index contributed by atoms with van der Waals surface area (Å²) in [6.07, 6.45) is -0.889. The van der Waals surface area contributed by atoms with E-state index < -0.39 is 42.1 Å². The molecule has 0 radical (unpaired) electrons. The van der Waals surface area contributed by atoms with Gasteiger partial charge in [-0.05, 0) is 0 Å². The van der Waals surface area contributed by atoms with Crippen molar-refractivity contribution in [1.29, 1.82) is 0 Å². The first-order valence-corrected chi connectivity index (χ1v) is 8.92. The van der Waals surface area contributed by atoms with Gasteiger partial charge in [0.1, 0.15) is 0 Å². The molecule has 0 atom stereocenters. The second-order valence-electron chi connectivity index (χ2n) is 4.87. The molecule has 0 fully saturated rings. The molecule has 0 aromatic heterocycles. The summed E-state index contributed by atoms with van der Waals surface area (Å²) in [7, 11) is 0. The number of halogens is 5. The number of hydrogen-bond donors (Lipinski definition) is 0. The van der Waals surface area contributed by atoms with Crippen LogP contribution in [0.15, 0.2) is 24.3 Å². The minimum absolute atomic E-state index is 0.301. The van der Waals surface area contributed by atoms with E-state index in [0.29, 0.717) is 9.13 Å². The van der Waals surface area contributed by atoms with Gasteiger partial charge in [-0.25, -0.2) is 0 Å². The van der Waals surface area contributed by atoms with E-state index in [4.69, 9.17) is 3.07 Å². The second-order valence-corrected chi connectivity index (χ2v) is 9.25. The first-order chi connectivity index (χ1) is 8.63. The molecular weight excluding hydrogens is 375 g/mol. The molecule has 0 aliphatic carbocycles. The van der Waals surface area contributed by atoms with Crippen LogP contribution in [-0.2, 0) is 8.67 Å². The van der Waals surface area contributed by atoms with Crippen molar-refractivity contribution >= 4 is 20.2 Å². The zero-order valence-corrected chi connectivity index (χ0v) is 13.0. The Morgan fingerprint density at radius 3 is 2.32 bits per heavy atom. The Morgan fingerprint density at radius 2 is 1.74 bits per heavy atom. The fraction of sp³-hybridized carbons (Fsp3) is 0.538. The molecule has 1 nitrogen and oxygen atoms in total. The molecule has 0 saturated heterocycles. The van der Waals surface area contributed by atoms with Gasteiger partial charge in [0.15, 0.2) is 0 Å². The van der Waals surface area contributed by atoms with Gasteiger partial charge in [0.2, 0.25) is 0 Å². The molecule has 0 unspecified atom stereocenters. The molecule has 1 aliphatic rings. The van der Waals surface area contributed by atoms with Gasteiger partial charge in [-0.2, -0.15) is 0 Å². The van der Waals surface area contributed by atoms with E-state index in [2.05, 4.69) is 0 Å². The zero-order chi connectivity index (χ0) is 14.5. The zero-order valence-electron chi connectivity index (χ0n) is 10.8. The van der Waals surface area contributed by atoms with Gasteiger partial charge in [-0.3, -0.25) is 0 Å². The molecule has 19 heavy (non-hydrogen) atoms. The topological polar surface area (TPSA) is 9.23 Å². The summed E-state index contributed by atoms with van der Waals surface area (Å²) in [6, 6.07) is 6.47. The van der Waals surface area contributed by atoms with Crippen molar-refractivity contribution in [2.24, 2.45) is 0 Å². The van der Waals surface area contributed by atoms with E-state index in [1.54, 1.807) is 32.0 Å². The average Bonchev–Trinajstić information content (AvgIpc) is 2.62. The van der Waals surface area contributed by atoms with Gasteiger partial charge in [-0.1, -0.05) is 0 Å². The molecule has 1 aliphatic heterocycles. The molecule has 1 aromatic carbocycles. The van der Waals surface area contributed by atoms with Crippen LogP contribution in [0.1, 0.15) is 32.8 Å². The van der Waals surface area contributed by atoms with Crippen LogP contribution in [0.5, 0.6) is 0 Å². The Labute approximate surface area is 117 Å². The van der Waals surface area contributed by atoms with E-state index in [1.807, 2.05) is 0 Å². The predicted octanol–water partition coefficient (Wildman–Crippen LogP) is 5.18. The molecule has 108 valence electrons. The van der Waals surface area contributed by atoms with Crippen LogP contribution >= 0.6 is 20.2 Å². The first kappa shape index (κ1) is 15.0. The fourth-order valence-corrected chi connectivity index (χ4v) is 7.45. The summed E-state index contributed by atoms with van der Waals surface area (Å²) in [4.78, 5) is 0. The van der Waals surface area contributed by atoms with Crippen molar-refractivity contribution in [3.05, 3.63) is 33.4 Å². The summed E-state index contributed by atoms with van der Waals surface area (Å²) in [5.74, 6) is -4.02. The molecule has 1 aromatic rings. The van der Waals surface area contributed by atoms with Crippen molar-refractivity contribution in [3.63, 3.8) is 0 Å². The SMILES string of the molecule is CCC(F)(F)C(F)(F)I1OC(C)(C)c2ccccc21. The minimum atomic E-state index is -4.07. The van der Waals surface area contributed by atoms with Crippen molar-refractivity contribution in [1.82, 2.24) is 0 Å². The van der Waals surface area contributed by atoms with Gasteiger partial charge >= 0.3 is 117 Å². The third-order valence-electron chi connectivity index (χ3n) is 3.05. The molecule has 0 spiro atoms. The third kappa shape index (κ3) is 2.26. The number of fused-ring (bicyclic) bond motifs is 1. The first-order valence-electron chi connectivity index (χ1n) is 5.88. The van der Waals surface area contributed by atoms with E-state index in [9.17, 15) is 17.6 Å². The number of hydrogen-bond acceptors (Lipinski definition) is 1. The van der Waals surface area contributed by atoms with Crippen molar-refractivity contribution in [2.45, 2.75) is 42.6 Å². The number of rotatable bonds is 3. The monoisotopic (exact) mass is 390 g/mol. The maximum atomic E-state index is 14.1. The number of benzene rings is 1. The Balaban J connectivity index is 2.50. The molecule has 1 heterocycles. The van der Waals surface area contributed by atoms with E-state index >= 15 is 0 Å². The Morgan fingerprint density at radius 1 is 1.16 bits per heavy atom. The van der Waals surface area contributed by atoms with Crippen molar-refractivity contribution in [2.75, 3.05) is 0 Å².